The van der Waals surface area contributed by atoms with Crippen LogP contribution in [0.15, 0.2) is 28.7 Å². The molecule has 3 unspecified atom stereocenters. The predicted molar refractivity (Wildman–Crippen MR) is 77.9 cm³/mol. The predicted octanol–water partition coefficient (Wildman–Crippen LogP) is 1.22. The summed E-state index contributed by atoms with van der Waals surface area (Å²) >= 11 is 3.44. The number of β-amino-alcohol motifs (C(OH)–C–C–N with tert-alkyl or cyclic N) is 1. The number of nitrogens with one attached hydrogen (secondary N) is 2. The van der Waals surface area contributed by atoms with E-state index in [0.29, 0.717) is 13.0 Å². The van der Waals surface area contributed by atoms with Crippen LogP contribution in [0.1, 0.15) is 18.9 Å². The molecule has 0 aliphatic carbocycles. The van der Waals surface area contributed by atoms with Gasteiger partial charge in [-0.2, -0.15) is 0 Å². The van der Waals surface area contributed by atoms with Crippen molar-refractivity contribution >= 4 is 21.8 Å². The lowest BCUT2D eigenvalue weighted by Gasteiger charge is -2.17. The van der Waals surface area contributed by atoms with Crippen molar-refractivity contribution in [3.63, 3.8) is 0 Å². The molecule has 1 fully saturated rings. The molecule has 1 amide bonds. The minimum Gasteiger partial charge on any atom is -0.392 e. The first-order valence-corrected chi connectivity index (χ1v) is 7.30. The fourth-order valence-electron chi connectivity index (χ4n) is 2.33. The van der Waals surface area contributed by atoms with E-state index in [1.165, 1.54) is 5.56 Å². The first-order valence-electron chi connectivity index (χ1n) is 6.51. The van der Waals surface area contributed by atoms with Crippen molar-refractivity contribution in [2.75, 3.05) is 6.54 Å². The normalized spacial score (nSPS) is 24.2. The van der Waals surface area contributed by atoms with Crippen LogP contribution < -0.4 is 10.6 Å². The number of carbonyl (C=O) groups excluding carboxylic acids is 1. The lowest BCUT2D eigenvalue weighted by Crippen LogP contribution is -2.44. The Morgan fingerprint density at radius 1 is 1.63 bits per heavy atom. The Labute approximate surface area is 121 Å². The third-order valence-corrected chi connectivity index (χ3v) is 3.74. The molecule has 1 aromatic carbocycles. The molecule has 1 aromatic rings. The van der Waals surface area contributed by atoms with Crippen molar-refractivity contribution in [2.24, 2.45) is 0 Å². The van der Waals surface area contributed by atoms with Crippen molar-refractivity contribution < 1.29 is 9.90 Å². The summed E-state index contributed by atoms with van der Waals surface area (Å²) < 4.78 is 1.05. The minimum atomic E-state index is -0.406. The molecular weight excluding hydrogens is 308 g/mol. The second kappa shape index (κ2) is 6.50. The summed E-state index contributed by atoms with van der Waals surface area (Å²) in [5, 5.41) is 15.4. The van der Waals surface area contributed by atoms with Crippen LogP contribution in [0.3, 0.4) is 0 Å². The molecule has 5 heteroatoms. The Balaban J connectivity index is 1.84. The molecule has 1 aliphatic rings. The Morgan fingerprint density at radius 2 is 2.42 bits per heavy atom. The molecule has 104 valence electrons. The molecule has 19 heavy (non-hydrogen) atoms. The van der Waals surface area contributed by atoms with Crippen LogP contribution in [0.25, 0.3) is 0 Å². The zero-order chi connectivity index (χ0) is 13.8. The Bertz CT molecular complexity index is 453. The SMILES string of the molecule is CC(Cc1cccc(Br)c1)NC(=O)C1CC(O)CN1. The van der Waals surface area contributed by atoms with E-state index in [1.807, 2.05) is 25.1 Å². The monoisotopic (exact) mass is 326 g/mol. The maximum atomic E-state index is 12.0. The Hall–Kier alpha value is -0.910. The lowest BCUT2D eigenvalue weighted by molar-refractivity contribution is -0.123. The van der Waals surface area contributed by atoms with Crippen LogP contribution >= 0.6 is 15.9 Å². The van der Waals surface area contributed by atoms with Gasteiger partial charge in [-0.15, -0.1) is 0 Å². The highest BCUT2D eigenvalue weighted by Crippen LogP contribution is 2.13. The van der Waals surface area contributed by atoms with Gasteiger partial charge in [-0.1, -0.05) is 28.1 Å². The average molecular weight is 327 g/mol. The summed E-state index contributed by atoms with van der Waals surface area (Å²) in [6.45, 7) is 2.49. The molecule has 0 radical (unpaired) electrons. The van der Waals surface area contributed by atoms with E-state index >= 15 is 0 Å². The van der Waals surface area contributed by atoms with Gasteiger partial charge in [0.25, 0.3) is 0 Å². The van der Waals surface area contributed by atoms with Crippen molar-refractivity contribution in [1.29, 1.82) is 0 Å². The number of aliphatic hydroxyl groups is 1. The van der Waals surface area contributed by atoms with E-state index in [0.717, 1.165) is 10.9 Å². The number of amides is 1. The molecular formula is C14H19BrN2O2. The zero-order valence-corrected chi connectivity index (χ0v) is 12.5. The fraction of sp³-hybridized carbons (Fsp3) is 0.500. The van der Waals surface area contributed by atoms with E-state index in [1.54, 1.807) is 0 Å². The maximum Gasteiger partial charge on any atom is 0.237 e. The van der Waals surface area contributed by atoms with E-state index in [9.17, 15) is 9.90 Å². The molecule has 2 rings (SSSR count). The topological polar surface area (TPSA) is 61.4 Å². The lowest BCUT2D eigenvalue weighted by atomic mass is 10.1. The Kier molecular flexibility index (Phi) is 4.96. The smallest absolute Gasteiger partial charge is 0.237 e. The standard InChI is InChI=1S/C14H19BrN2O2/c1-9(5-10-3-2-4-11(15)6-10)17-14(19)13-7-12(18)8-16-13/h2-4,6,9,12-13,16,18H,5,7-8H2,1H3,(H,17,19). The van der Waals surface area contributed by atoms with Gasteiger partial charge in [0.2, 0.25) is 5.91 Å². The number of carbonyl (C=O) groups is 1. The van der Waals surface area contributed by atoms with Crippen LogP contribution in [0.5, 0.6) is 0 Å². The van der Waals surface area contributed by atoms with Crippen molar-refractivity contribution in [3.8, 4) is 0 Å². The van der Waals surface area contributed by atoms with Crippen molar-refractivity contribution in [3.05, 3.63) is 34.3 Å². The highest BCUT2D eigenvalue weighted by Gasteiger charge is 2.28. The molecule has 3 N–H and O–H groups in total. The molecule has 0 saturated carbocycles. The number of hydrogen-bond acceptors (Lipinski definition) is 3. The molecule has 0 bridgehead atoms. The van der Waals surface area contributed by atoms with Gasteiger partial charge in [0.05, 0.1) is 12.1 Å². The summed E-state index contributed by atoms with van der Waals surface area (Å²) in [5.74, 6) is -0.0287. The van der Waals surface area contributed by atoms with Crippen molar-refractivity contribution in [1.82, 2.24) is 10.6 Å². The second-order valence-electron chi connectivity index (χ2n) is 5.09. The maximum absolute atomic E-state index is 12.0. The zero-order valence-electron chi connectivity index (χ0n) is 10.9. The number of aliphatic hydroxyl groups excluding tert-OH is 1. The van der Waals surface area contributed by atoms with Gasteiger partial charge in [-0.25, -0.2) is 0 Å². The number of benzene rings is 1. The fourth-order valence-corrected chi connectivity index (χ4v) is 2.78. The quantitative estimate of drug-likeness (QED) is 0.779. The van der Waals surface area contributed by atoms with E-state index in [4.69, 9.17) is 0 Å². The van der Waals surface area contributed by atoms with Gasteiger partial charge < -0.3 is 15.7 Å². The molecule has 0 aromatic heterocycles. The summed E-state index contributed by atoms with van der Waals surface area (Å²) in [4.78, 5) is 12.0. The third kappa shape index (κ3) is 4.30. The van der Waals surface area contributed by atoms with E-state index in [-0.39, 0.29) is 18.0 Å². The molecule has 0 spiro atoms. The van der Waals surface area contributed by atoms with Gasteiger partial charge >= 0.3 is 0 Å². The number of rotatable bonds is 4. The van der Waals surface area contributed by atoms with Gasteiger partial charge in [-0.3, -0.25) is 4.79 Å². The highest BCUT2D eigenvalue weighted by molar-refractivity contribution is 9.10. The minimum absolute atomic E-state index is 0.0287. The summed E-state index contributed by atoms with van der Waals surface area (Å²) in [6.07, 6.45) is 0.881. The second-order valence-corrected chi connectivity index (χ2v) is 6.01. The third-order valence-electron chi connectivity index (χ3n) is 3.24. The average Bonchev–Trinajstić information content (AvgIpc) is 2.75. The van der Waals surface area contributed by atoms with Crippen molar-refractivity contribution in [2.45, 2.75) is 38.0 Å². The first-order chi connectivity index (χ1) is 9.04. The van der Waals surface area contributed by atoms with Gasteiger partial charge in [0.15, 0.2) is 0 Å². The molecule has 4 nitrogen and oxygen atoms in total. The van der Waals surface area contributed by atoms with Gasteiger partial charge in [-0.05, 0) is 37.5 Å². The van der Waals surface area contributed by atoms with Crippen LogP contribution in [-0.2, 0) is 11.2 Å². The van der Waals surface area contributed by atoms with Gasteiger partial charge in [0, 0.05) is 17.1 Å². The molecule has 1 saturated heterocycles. The van der Waals surface area contributed by atoms with E-state index < -0.39 is 6.10 Å². The molecule has 1 heterocycles. The summed E-state index contributed by atoms with van der Waals surface area (Å²) in [7, 11) is 0. The highest BCUT2D eigenvalue weighted by atomic mass is 79.9. The van der Waals surface area contributed by atoms with Gasteiger partial charge in [0.1, 0.15) is 0 Å². The van der Waals surface area contributed by atoms with Crippen LogP contribution in [-0.4, -0.2) is 35.7 Å². The summed E-state index contributed by atoms with van der Waals surface area (Å²) in [6, 6.07) is 7.88. The summed E-state index contributed by atoms with van der Waals surface area (Å²) in [5.41, 5.74) is 1.18. The Morgan fingerprint density at radius 3 is 3.05 bits per heavy atom. The van der Waals surface area contributed by atoms with Crippen LogP contribution in [0.4, 0.5) is 0 Å². The largest absolute Gasteiger partial charge is 0.392 e. The van der Waals surface area contributed by atoms with Crippen LogP contribution in [0.2, 0.25) is 0 Å². The first kappa shape index (κ1) is 14.5. The number of halogens is 1. The number of hydrogen-bond donors (Lipinski definition) is 3. The molecule has 1 aliphatic heterocycles. The van der Waals surface area contributed by atoms with Crippen LogP contribution in [0, 0.1) is 0 Å². The van der Waals surface area contributed by atoms with E-state index in [2.05, 4.69) is 32.6 Å². The molecule has 3 atom stereocenters.